The van der Waals surface area contributed by atoms with Crippen molar-refractivity contribution in [1.29, 1.82) is 0 Å². The summed E-state index contributed by atoms with van der Waals surface area (Å²) < 4.78 is 1.52. The van der Waals surface area contributed by atoms with Gasteiger partial charge in [-0.15, -0.1) is 0 Å². The van der Waals surface area contributed by atoms with Crippen LogP contribution in [0.4, 0.5) is 0 Å². The lowest BCUT2D eigenvalue weighted by molar-refractivity contribution is -0.141. The van der Waals surface area contributed by atoms with Crippen LogP contribution in [-0.4, -0.2) is 44.3 Å². The molecule has 0 aliphatic carbocycles. The van der Waals surface area contributed by atoms with E-state index in [9.17, 15) is 9.59 Å². The number of nitrogens with zero attached hydrogens (tertiary/aromatic N) is 3. The predicted molar refractivity (Wildman–Crippen MR) is 80.3 cm³/mol. The highest BCUT2D eigenvalue weighted by atomic mass is 35.5. The topological polar surface area (TPSA) is 75.4 Å². The number of amides is 1. The van der Waals surface area contributed by atoms with Crippen LogP contribution in [-0.2, 0) is 4.79 Å². The normalized spacial score (nSPS) is 17.7. The number of carboxylic acids is 1. The van der Waals surface area contributed by atoms with Crippen LogP contribution in [0.25, 0.3) is 5.69 Å². The first-order valence-electron chi connectivity index (χ1n) is 6.92. The standard InChI is InChI=1S/C15H14ClN3O3/c16-10-4-1-2-5-12(10)19-9-7-11(17-19)14(20)18-8-3-6-13(18)15(21)22/h1-2,4-5,7,9,13H,3,6,8H2,(H,21,22). The van der Waals surface area contributed by atoms with E-state index in [-0.39, 0.29) is 11.6 Å². The average molecular weight is 320 g/mol. The molecule has 1 fully saturated rings. The van der Waals surface area contributed by atoms with E-state index in [0.717, 1.165) is 0 Å². The highest BCUT2D eigenvalue weighted by Gasteiger charge is 2.35. The molecular weight excluding hydrogens is 306 g/mol. The van der Waals surface area contributed by atoms with Crippen LogP contribution >= 0.6 is 11.6 Å². The van der Waals surface area contributed by atoms with Crippen molar-refractivity contribution in [1.82, 2.24) is 14.7 Å². The van der Waals surface area contributed by atoms with Gasteiger partial charge in [0.1, 0.15) is 6.04 Å². The van der Waals surface area contributed by atoms with Crippen molar-refractivity contribution in [2.24, 2.45) is 0 Å². The summed E-state index contributed by atoms with van der Waals surface area (Å²) >= 11 is 6.11. The number of halogens is 1. The van der Waals surface area contributed by atoms with E-state index in [4.69, 9.17) is 16.7 Å². The molecule has 7 heteroatoms. The summed E-state index contributed by atoms with van der Waals surface area (Å²) in [5.41, 5.74) is 0.882. The Balaban J connectivity index is 1.86. The van der Waals surface area contributed by atoms with Gasteiger partial charge in [-0.05, 0) is 31.0 Å². The number of para-hydroxylation sites is 1. The molecular formula is C15H14ClN3O3. The third kappa shape index (κ3) is 2.57. The molecule has 0 bridgehead atoms. The van der Waals surface area contributed by atoms with Crippen molar-refractivity contribution in [3.63, 3.8) is 0 Å². The molecule has 2 aromatic rings. The summed E-state index contributed by atoms with van der Waals surface area (Å²) in [5.74, 6) is -1.34. The van der Waals surface area contributed by atoms with Gasteiger partial charge in [-0.3, -0.25) is 4.79 Å². The predicted octanol–water partition coefficient (Wildman–Crippen LogP) is 2.21. The Bertz CT molecular complexity index is 728. The van der Waals surface area contributed by atoms with Crippen molar-refractivity contribution >= 4 is 23.5 Å². The fourth-order valence-electron chi connectivity index (χ4n) is 2.62. The molecule has 1 aromatic heterocycles. The smallest absolute Gasteiger partial charge is 0.326 e. The molecule has 6 nitrogen and oxygen atoms in total. The second kappa shape index (κ2) is 5.81. The Morgan fingerprint density at radius 1 is 1.27 bits per heavy atom. The van der Waals surface area contributed by atoms with E-state index >= 15 is 0 Å². The number of likely N-dealkylation sites (tertiary alicyclic amines) is 1. The van der Waals surface area contributed by atoms with Gasteiger partial charge in [0.15, 0.2) is 5.69 Å². The number of carbonyl (C=O) groups is 2. The maximum Gasteiger partial charge on any atom is 0.326 e. The molecule has 22 heavy (non-hydrogen) atoms. The molecule has 0 spiro atoms. The van der Waals surface area contributed by atoms with Gasteiger partial charge in [-0.1, -0.05) is 23.7 Å². The van der Waals surface area contributed by atoms with E-state index in [1.165, 1.54) is 9.58 Å². The number of rotatable bonds is 3. The maximum absolute atomic E-state index is 12.4. The van der Waals surface area contributed by atoms with E-state index in [1.807, 2.05) is 12.1 Å². The van der Waals surface area contributed by atoms with E-state index < -0.39 is 12.0 Å². The molecule has 1 unspecified atom stereocenters. The first kappa shape index (κ1) is 14.6. The molecule has 1 atom stereocenters. The molecule has 3 rings (SSSR count). The summed E-state index contributed by atoms with van der Waals surface area (Å²) in [4.78, 5) is 25.0. The number of carboxylic acid groups (broad SMARTS) is 1. The summed E-state index contributed by atoms with van der Waals surface area (Å²) in [5, 5.41) is 13.9. The number of aromatic nitrogens is 2. The summed E-state index contributed by atoms with van der Waals surface area (Å²) in [6.45, 7) is 0.439. The van der Waals surface area contributed by atoms with Gasteiger partial charge in [-0.25, -0.2) is 9.48 Å². The second-order valence-electron chi connectivity index (χ2n) is 5.09. The quantitative estimate of drug-likeness (QED) is 0.941. The van der Waals surface area contributed by atoms with E-state index in [1.54, 1.807) is 24.4 Å². The number of hydrogen-bond donors (Lipinski definition) is 1. The number of hydrogen-bond acceptors (Lipinski definition) is 3. The Kier molecular flexibility index (Phi) is 3.85. The zero-order chi connectivity index (χ0) is 15.7. The lowest BCUT2D eigenvalue weighted by Gasteiger charge is -2.20. The average Bonchev–Trinajstić information content (AvgIpc) is 3.16. The molecule has 0 saturated carbocycles. The van der Waals surface area contributed by atoms with Crippen LogP contribution in [0.5, 0.6) is 0 Å². The van der Waals surface area contributed by atoms with E-state index in [0.29, 0.717) is 30.1 Å². The van der Waals surface area contributed by atoms with Crippen molar-refractivity contribution in [2.75, 3.05) is 6.54 Å². The van der Waals surface area contributed by atoms with Crippen molar-refractivity contribution < 1.29 is 14.7 Å². The van der Waals surface area contributed by atoms with Crippen LogP contribution in [0.2, 0.25) is 5.02 Å². The second-order valence-corrected chi connectivity index (χ2v) is 5.50. The number of benzene rings is 1. The third-order valence-corrected chi connectivity index (χ3v) is 4.03. The largest absolute Gasteiger partial charge is 0.480 e. The monoisotopic (exact) mass is 319 g/mol. The minimum Gasteiger partial charge on any atom is -0.480 e. The Labute approximate surface area is 131 Å². The van der Waals surface area contributed by atoms with Gasteiger partial charge in [0.05, 0.1) is 10.7 Å². The van der Waals surface area contributed by atoms with Crippen molar-refractivity contribution in [3.8, 4) is 5.69 Å². The SMILES string of the molecule is O=C(O)C1CCCN1C(=O)c1ccn(-c2ccccc2Cl)n1. The minimum atomic E-state index is -0.976. The van der Waals surface area contributed by atoms with Gasteiger partial charge in [0, 0.05) is 12.7 Å². The first-order valence-corrected chi connectivity index (χ1v) is 7.30. The zero-order valence-electron chi connectivity index (χ0n) is 11.6. The summed E-state index contributed by atoms with van der Waals surface area (Å²) in [6.07, 6.45) is 2.81. The first-order chi connectivity index (χ1) is 10.6. The Morgan fingerprint density at radius 2 is 2.05 bits per heavy atom. The van der Waals surface area contributed by atoms with Gasteiger partial charge < -0.3 is 10.0 Å². The highest BCUT2D eigenvalue weighted by molar-refractivity contribution is 6.32. The lowest BCUT2D eigenvalue weighted by atomic mass is 10.2. The molecule has 2 heterocycles. The number of carbonyl (C=O) groups excluding carboxylic acids is 1. The zero-order valence-corrected chi connectivity index (χ0v) is 12.4. The molecule has 1 aromatic carbocycles. The molecule has 1 N–H and O–H groups in total. The van der Waals surface area contributed by atoms with Crippen LogP contribution in [0.15, 0.2) is 36.5 Å². The molecule has 1 saturated heterocycles. The van der Waals surface area contributed by atoms with Gasteiger partial charge in [0.25, 0.3) is 5.91 Å². The Morgan fingerprint density at radius 3 is 2.77 bits per heavy atom. The Hall–Kier alpha value is -2.34. The van der Waals surface area contributed by atoms with Crippen LogP contribution < -0.4 is 0 Å². The van der Waals surface area contributed by atoms with Crippen LogP contribution in [0.1, 0.15) is 23.3 Å². The molecule has 114 valence electrons. The third-order valence-electron chi connectivity index (χ3n) is 3.71. The van der Waals surface area contributed by atoms with E-state index in [2.05, 4.69) is 5.10 Å². The fraction of sp³-hybridized carbons (Fsp3) is 0.267. The lowest BCUT2D eigenvalue weighted by Crippen LogP contribution is -2.40. The van der Waals surface area contributed by atoms with Crippen LogP contribution in [0.3, 0.4) is 0 Å². The van der Waals surface area contributed by atoms with Gasteiger partial charge in [-0.2, -0.15) is 5.10 Å². The fourth-order valence-corrected chi connectivity index (χ4v) is 2.85. The number of aliphatic carboxylic acids is 1. The summed E-state index contributed by atoms with van der Waals surface area (Å²) in [7, 11) is 0. The van der Waals surface area contributed by atoms with Crippen molar-refractivity contribution in [3.05, 3.63) is 47.2 Å². The van der Waals surface area contributed by atoms with Gasteiger partial charge >= 0.3 is 5.97 Å². The van der Waals surface area contributed by atoms with Gasteiger partial charge in [0.2, 0.25) is 0 Å². The van der Waals surface area contributed by atoms with Crippen molar-refractivity contribution in [2.45, 2.75) is 18.9 Å². The molecule has 1 amide bonds. The maximum atomic E-state index is 12.4. The summed E-state index contributed by atoms with van der Waals surface area (Å²) in [6, 6.07) is 7.97. The highest BCUT2D eigenvalue weighted by Crippen LogP contribution is 2.22. The van der Waals surface area contributed by atoms with Crippen LogP contribution in [0, 0.1) is 0 Å². The molecule has 1 aliphatic rings. The molecule has 1 aliphatic heterocycles. The minimum absolute atomic E-state index is 0.216. The molecule has 0 radical (unpaired) electrons.